The van der Waals surface area contributed by atoms with E-state index < -0.39 is 11.9 Å². The predicted octanol–water partition coefficient (Wildman–Crippen LogP) is 4.01. The number of methoxy groups -OCH3 is 1. The molecule has 0 spiro atoms. The molecule has 4 nitrogen and oxygen atoms in total. The molecule has 2 aromatic rings. The third-order valence-corrected chi connectivity index (χ3v) is 4.40. The summed E-state index contributed by atoms with van der Waals surface area (Å²) >= 11 is 4.88. The number of halogens is 1. The summed E-state index contributed by atoms with van der Waals surface area (Å²) < 4.78 is 5.68. The Bertz CT molecular complexity index is 698. The molecule has 0 aliphatic carbocycles. The van der Waals surface area contributed by atoms with Gasteiger partial charge in [-0.15, -0.1) is 0 Å². The summed E-state index contributed by atoms with van der Waals surface area (Å²) in [6.45, 7) is 0. The maximum absolute atomic E-state index is 11.7. The van der Waals surface area contributed by atoms with Crippen molar-refractivity contribution in [3.63, 3.8) is 0 Å². The lowest BCUT2D eigenvalue weighted by Crippen LogP contribution is -2.09. The Morgan fingerprint density at radius 1 is 1.14 bits per heavy atom. The van der Waals surface area contributed by atoms with Crippen molar-refractivity contribution in [2.45, 2.75) is 16.2 Å². The van der Waals surface area contributed by atoms with Gasteiger partial charge in [-0.05, 0) is 48.0 Å². The van der Waals surface area contributed by atoms with E-state index in [1.807, 2.05) is 24.3 Å². The van der Waals surface area contributed by atoms with Crippen molar-refractivity contribution in [3.05, 3.63) is 58.1 Å². The van der Waals surface area contributed by atoms with E-state index >= 15 is 0 Å². The Balaban J connectivity index is 2.31. The van der Waals surface area contributed by atoms with Crippen LogP contribution in [0.5, 0.6) is 0 Å². The second kappa shape index (κ2) is 7.47. The Kier molecular flexibility index (Phi) is 5.63. The van der Waals surface area contributed by atoms with Gasteiger partial charge in [0.2, 0.25) is 0 Å². The van der Waals surface area contributed by atoms with Gasteiger partial charge in [0.25, 0.3) is 0 Å². The molecule has 0 aliphatic rings. The van der Waals surface area contributed by atoms with E-state index in [0.717, 1.165) is 14.3 Å². The van der Waals surface area contributed by atoms with E-state index in [9.17, 15) is 9.59 Å². The van der Waals surface area contributed by atoms with Crippen LogP contribution >= 0.6 is 27.7 Å². The summed E-state index contributed by atoms with van der Waals surface area (Å²) in [5.74, 6) is -1.52. The van der Waals surface area contributed by atoms with Crippen LogP contribution in [0.3, 0.4) is 0 Å². The van der Waals surface area contributed by atoms with E-state index in [0.29, 0.717) is 5.56 Å². The maximum atomic E-state index is 11.7. The standard InChI is InChI=1S/C16H13BrO4S/c1-21-16(20)14-7-6-13(8-10(14)9-15(18)19)22-12-4-2-11(17)3-5-12/h2-8H,9H2,1H3,(H,18,19). The number of ether oxygens (including phenoxy) is 1. The molecule has 0 saturated carbocycles. The van der Waals surface area contributed by atoms with Crippen molar-refractivity contribution in [3.8, 4) is 0 Å². The number of benzene rings is 2. The molecule has 0 aromatic heterocycles. The number of esters is 1. The SMILES string of the molecule is COC(=O)c1ccc(Sc2ccc(Br)cc2)cc1CC(=O)O. The first-order valence-electron chi connectivity index (χ1n) is 6.36. The highest BCUT2D eigenvalue weighted by molar-refractivity contribution is 9.10. The van der Waals surface area contributed by atoms with Crippen LogP contribution in [0.2, 0.25) is 0 Å². The van der Waals surface area contributed by atoms with Gasteiger partial charge in [0, 0.05) is 14.3 Å². The van der Waals surface area contributed by atoms with Crippen LogP contribution in [0.25, 0.3) is 0 Å². The molecule has 1 N–H and O–H groups in total. The quantitative estimate of drug-likeness (QED) is 0.793. The highest BCUT2D eigenvalue weighted by Gasteiger charge is 2.15. The lowest BCUT2D eigenvalue weighted by molar-refractivity contribution is -0.136. The lowest BCUT2D eigenvalue weighted by atomic mass is 10.0. The second-order valence-corrected chi connectivity index (χ2v) is 6.50. The molecule has 0 amide bonds. The van der Waals surface area contributed by atoms with Gasteiger partial charge >= 0.3 is 11.9 Å². The summed E-state index contributed by atoms with van der Waals surface area (Å²) in [6, 6.07) is 12.9. The molecule has 2 aromatic carbocycles. The molecule has 0 saturated heterocycles. The molecule has 0 aliphatic heterocycles. The summed E-state index contributed by atoms with van der Waals surface area (Å²) in [6.07, 6.45) is -0.223. The molecule has 0 bridgehead atoms. The number of carbonyl (C=O) groups excluding carboxylic acids is 1. The van der Waals surface area contributed by atoms with Gasteiger partial charge in [-0.3, -0.25) is 4.79 Å². The minimum Gasteiger partial charge on any atom is -0.481 e. The molecule has 0 atom stereocenters. The van der Waals surface area contributed by atoms with Crippen molar-refractivity contribution in [2.24, 2.45) is 0 Å². The molecular weight excluding hydrogens is 368 g/mol. The number of carboxylic acid groups (broad SMARTS) is 1. The number of hydrogen-bond acceptors (Lipinski definition) is 4. The Morgan fingerprint density at radius 2 is 1.77 bits per heavy atom. The minimum absolute atomic E-state index is 0.223. The van der Waals surface area contributed by atoms with Gasteiger partial charge in [0.1, 0.15) is 0 Å². The smallest absolute Gasteiger partial charge is 0.338 e. The highest BCUT2D eigenvalue weighted by Crippen LogP contribution is 2.30. The molecule has 0 fully saturated rings. The second-order valence-electron chi connectivity index (χ2n) is 4.44. The lowest BCUT2D eigenvalue weighted by Gasteiger charge is -2.09. The van der Waals surface area contributed by atoms with E-state index in [4.69, 9.17) is 5.11 Å². The third-order valence-electron chi connectivity index (χ3n) is 2.87. The Hall–Kier alpha value is -1.79. The Labute approximate surface area is 140 Å². The fraction of sp³-hybridized carbons (Fsp3) is 0.125. The van der Waals surface area contributed by atoms with Gasteiger partial charge in [-0.2, -0.15) is 0 Å². The Morgan fingerprint density at radius 3 is 2.36 bits per heavy atom. The van der Waals surface area contributed by atoms with Crippen molar-refractivity contribution in [1.29, 1.82) is 0 Å². The molecular formula is C16H13BrO4S. The predicted molar refractivity (Wildman–Crippen MR) is 87.4 cm³/mol. The molecule has 114 valence electrons. The molecule has 2 rings (SSSR count). The van der Waals surface area contributed by atoms with Crippen LogP contribution < -0.4 is 0 Å². The van der Waals surface area contributed by atoms with E-state index in [2.05, 4.69) is 20.7 Å². The number of carboxylic acids is 1. The monoisotopic (exact) mass is 380 g/mol. The van der Waals surface area contributed by atoms with Gasteiger partial charge in [0.05, 0.1) is 19.1 Å². The molecule has 0 unspecified atom stereocenters. The number of hydrogen-bond donors (Lipinski definition) is 1. The normalized spacial score (nSPS) is 10.3. The summed E-state index contributed by atoms with van der Waals surface area (Å²) in [4.78, 5) is 24.6. The van der Waals surface area contributed by atoms with Gasteiger partial charge < -0.3 is 9.84 Å². The average Bonchev–Trinajstić information content (AvgIpc) is 2.48. The van der Waals surface area contributed by atoms with Gasteiger partial charge in [0.15, 0.2) is 0 Å². The molecule has 0 heterocycles. The van der Waals surface area contributed by atoms with Gasteiger partial charge in [-0.1, -0.05) is 27.7 Å². The summed E-state index contributed by atoms with van der Waals surface area (Å²) in [7, 11) is 1.28. The molecule has 22 heavy (non-hydrogen) atoms. The first kappa shape index (κ1) is 16.6. The van der Waals surface area contributed by atoms with E-state index in [1.54, 1.807) is 18.2 Å². The largest absolute Gasteiger partial charge is 0.481 e. The van der Waals surface area contributed by atoms with Crippen molar-refractivity contribution < 1.29 is 19.4 Å². The van der Waals surface area contributed by atoms with Crippen LogP contribution in [0.15, 0.2) is 56.7 Å². The van der Waals surface area contributed by atoms with E-state index in [-0.39, 0.29) is 12.0 Å². The summed E-state index contributed by atoms with van der Waals surface area (Å²) in [5.41, 5.74) is 0.728. The first-order valence-corrected chi connectivity index (χ1v) is 7.97. The van der Waals surface area contributed by atoms with Crippen LogP contribution in [0, 0.1) is 0 Å². The topological polar surface area (TPSA) is 63.6 Å². The zero-order valence-electron chi connectivity index (χ0n) is 11.7. The van der Waals surface area contributed by atoms with Gasteiger partial charge in [-0.25, -0.2) is 4.79 Å². The van der Waals surface area contributed by atoms with Crippen LogP contribution in [-0.2, 0) is 16.0 Å². The van der Waals surface area contributed by atoms with Crippen molar-refractivity contribution >= 4 is 39.6 Å². The average molecular weight is 381 g/mol. The first-order chi connectivity index (χ1) is 10.5. The molecule has 0 radical (unpaired) electrons. The third kappa shape index (κ3) is 4.35. The van der Waals surface area contributed by atoms with Crippen molar-refractivity contribution in [2.75, 3.05) is 7.11 Å². The highest BCUT2D eigenvalue weighted by atomic mass is 79.9. The minimum atomic E-state index is -0.990. The van der Waals surface area contributed by atoms with Crippen molar-refractivity contribution in [1.82, 2.24) is 0 Å². The number of aliphatic carboxylic acids is 1. The fourth-order valence-corrected chi connectivity index (χ4v) is 3.04. The summed E-state index contributed by atoms with van der Waals surface area (Å²) in [5, 5.41) is 8.99. The maximum Gasteiger partial charge on any atom is 0.338 e. The zero-order valence-corrected chi connectivity index (χ0v) is 14.1. The van der Waals surface area contributed by atoms with Crippen LogP contribution in [0.1, 0.15) is 15.9 Å². The number of carbonyl (C=O) groups is 2. The van der Waals surface area contributed by atoms with Crippen LogP contribution in [0.4, 0.5) is 0 Å². The zero-order chi connectivity index (χ0) is 16.1. The fourth-order valence-electron chi connectivity index (χ4n) is 1.89. The number of rotatable bonds is 5. The van der Waals surface area contributed by atoms with E-state index in [1.165, 1.54) is 18.9 Å². The molecule has 6 heteroatoms. The van der Waals surface area contributed by atoms with Crippen LogP contribution in [-0.4, -0.2) is 24.2 Å².